The standard InChI is InChI=1S/C11H19NO4/c1-4-16-10(14)11(3,9(2)13)12-5-7-15-8-6-12/h4-8H2,1-3H3. The van der Waals surface area contributed by atoms with Gasteiger partial charge in [-0.2, -0.15) is 0 Å². The molecule has 0 aromatic rings. The lowest BCUT2D eigenvalue weighted by atomic mass is 9.94. The lowest BCUT2D eigenvalue weighted by Crippen LogP contribution is -2.60. The third-order valence-corrected chi connectivity index (χ3v) is 3.00. The first-order valence-electron chi connectivity index (χ1n) is 5.54. The smallest absolute Gasteiger partial charge is 0.334 e. The molecule has 0 radical (unpaired) electrons. The largest absolute Gasteiger partial charge is 0.464 e. The van der Waals surface area contributed by atoms with E-state index in [9.17, 15) is 9.59 Å². The summed E-state index contributed by atoms with van der Waals surface area (Å²) in [5.41, 5.74) is -1.17. The van der Waals surface area contributed by atoms with Crippen LogP contribution in [0.3, 0.4) is 0 Å². The molecule has 92 valence electrons. The molecule has 1 aliphatic heterocycles. The molecule has 0 N–H and O–H groups in total. The van der Waals surface area contributed by atoms with E-state index in [1.165, 1.54) is 6.92 Å². The summed E-state index contributed by atoms with van der Waals surface area (Å²) in [6.45, 7) is 7.31. The number of hydrogen-bond acceptors (Lipinski definition) is 5. The van der Waals surface area contributed by atoms with Crippen molar-refractivity contribution in [2.75, 3.05) is 32.9 Å². The molecule has 1 unspecified atom stereocenters. The molecule has 5 nitrogen and oxygen atoms in total. The third kappa shape index (κ3) is 2.41. The Morgan fingerprint density at radius 1 is 1.38 bits per heavy atom. The van der Waals surface area contributed by atoms with Crippen LogP contribution >= 0.6 is 0 Å². The first kappa shape index (κ1) is 13.1. The Kier molecular flexibility index (Phi) is 4.44. The zero-order valence-corrected chi connectivity index (χ0v) is 10.1. The Labute approximate surface area is 95.7 Å². The fourth-order valence-electron chi connectivity index (χ4n) is 1.78. The summed E-state index contributed by atoms with van der Waals surface area (Å²) in [5, 5.41) is 0. The van der Waals surface area contributed by atoms with E-state index < -0.39 is 11.5 Å². The molecule has 1 heterocycles. The quantitative estimate of drug-likeness (QED) is 0.510. The van der Waals surface area contributed by atoms with Gasteiger partial charge in [0.2, 0.25) is 0 Å². The van der Waals surface area contributed by atoms with Crippen molar-refractivity contribution in [2.45, 2.75) is 26.3 Å². The van der Waals surface area contributed by atoms with Crippen molar-refractivity contribution in [3.8, 4) is 0 Å². The van der Waals surface area contributed by atoms with Crippen LogP contribution in [0.1, 0.15) is 20.8 Å². The Morgan fingerprint density at radius 2 is 1.94 bits per heavy atom. The van der Waals surface area contributed by atoms with Crippen LogP contribution in [0.25, 0.3) is 0 Å². The van der Waals surface area contributed by atoms with Crippen molar-refractivity contribution in [1.82, 2.24) is 4.90 Å². The molecule has 0 bridgehead atoms. The van der Waals surface area contributed by atoms with Crippen LogP contribution in [0.15, 0.2) is 0 Å². The maximum atomic E-state index is 11.9. The SMILES string of the molecule is CCOC(=O)C(C)(C(C)=O)N1CCOCC1. The molecular formula is C11H19NO4. The number of esters is 1. The number of carbonyl (C=O) groups is 2. The van der Waals surface area contributed by atoms with E-state index in [1.54, 1.807) is 13.8 Å². The van der Waals surface area contributed by atoms with Gasteiger partial charge in [0.05, 0.1) is 19.8 Å². The van der Waals surface area contributed by atoms with E-state index in [4.69, 9.17) is 9.47 Å². The molecule has 1 aliphatic rings. The highest BCUT2D eigenvalue weighted by atomic mass is 16.5. The predicted octanol–water partition coefficient (Wildman–Crippen LogP) is 0.229. The Morgan fingerprint density at radius 3 is 2.38 bits per heavy atom. The van der Waals surface area contributed by atoms with Gasteiger partial charge in [-0.25, -0.2) is 4.79 Å². The van der Waals surface area contributed by atoms with Gasteiger partial charge in [-0.15, -0.1) is 0 Å². The second-order valence-electron chi connectivity index (χ2n) is 3.95. The molecule has 0 saturated carbocycles. The number of Topliss-reactive ketones (excluding diaryl/α,β-unsaturated/α-hetero) is 1. The van der Waals surface area contributed by atoms with Crippen LogP contribution in [0, 0.1) is 0 Å². The molecule has 0 aliphatic carbocycles. The average Bonchev–Trinajstić information content (AvgIpc) is 2.29. The average molecular weight is 229 g/mol. The first-order valence-corrected chi connectivity index (χ1v) is 5.54. The molecule has 16 heavy (non-hydrogen) atoms. The topological polar surface area (TPSA) is 55.8 Å². The van der Waals surface area contributed by atoms with Crippen LogP contribution in [0.5, 0.6) is 0 Å². The van der Waals surface area contributed by atoms with Crippen molar-refractivity contribution < 1.29 is 19.1 Å². The fraction of sp³-hybridized carbons (Fsp3) is 0.818. The summed E-state index contributed by atoms with van der Waals surface area (Å²) >= 11 is 0. The van der Waals surface area contributed by atoms with Crippen molar-refractivity contribution in [3.05, 3.63) is 0 Å². The maximum Gasteiger partial charge on any atom is 0.334 e. The summed E-state index contributed by atoms with van der Waals surface area (Å²) in [6, 6.07) is 0. The van der Waals surface area contributed by atoms with Gasteiger partial charge in [0, 0.05) is 13.1 Å². The van der Waals surface area contributed by atoms with Crippen LogP contribution in [-0.2, 0) is 19.1 Å². The van der Waals surface area contributed by atoms with E-state index in [1.807, 2.05) is 4.90 Å². The second kappa shape index (κ2) is 5.41. The molecule has 1 atom stereocenters. The predicted molar refractivity (Wildman–Crippen MR) is 58.1 cm³/mol. The summed E-state index contributed by atoms with van der Waals surface area (Å²) < 4.78 is 10.2. The fourth-order valence-corrected chi connectivity index (χ4v) is 1.78. The molecular weight excluding hydrogens is 210 g/mol. The Bertz CT molecular complexity index is 273. The monoisotopic (exact) mass is 229 g/mol. The zero-order valence-electron chi connectivity index (χ0n) is 10.1. The van der Waals surface area contributed by atoms with Crippen LogP contribution < -0.4 is 0 Å². The molecule has 0 aromatic carbocycles. The van der Waals surface area contributed by atoms with Crippen molar-refractivity contribution in [3.63, 3.8) is 0 Å². The van der Waals surface area contributed by atoms with E-state index >= 15 is 0 Å². The normalized spacial score (nSPS) is 21.2. The molecule has 1 rings (SSSR count). The minimum atomic E-state index is -1.17. The lowest BCUT2D eigenvalue weighted by Gasteiger charge is -2.39. The number of nitrogens with zero attached hydrogens (tertiary/aromatic N) is 1. The second-order valence-corrected chi connectivity index (χ2v) is 3.95. The molecule has 0 aromatic heterocycles. The highest BCUT2D eigenvalue weighted by molar-refractivity contribution is 6.07. The highest BCUT2D eigenvalue weighted by Gasteiger charge is 2.45. The molecule has 1 fully saturated rings. The van der Waals surface area contributed by atoms with Gasteiger partial charge in [0.25, 0.3) is 0 Å². The van der Waals surface area contributed by atoms with E-state index in [0.717, 1.165) is 0 Å². The van der Waals surface area contributed by atoms with Gasteiger partial charge in [-0.1, -0.05) is 0 Å². The summed E-state index contributed by atoms with van der Waals surface area (Å²) in [7, 11) is 0. The molecule has 0 spiro atoms. The lowest BCUT2D eigenvalue weighted by molar-refractivity contribution is -0.164. The number of morpholine rings is 1. The van der Waals surface area contributed by atoms with Gasteiger partial charge >= 0.3 is 5.97 Å². The van der Waals surface area contributed by atoms with Crippen LogP contribution in [-0.4, -0.2) is 55.1 Å². The number of ether oxygens (including phenoxy) is 2. The van der Waals surface area contributed by atoms with Gasteiger partial charge in [0.1, 0.15) is 0 Å². The highest BCUT2D eigenvalue weighted by Crippen LogP contribution is 2.20. The van der Waals surface area contributed by atoms with Crippen molar-refractivity contribution >= 4 is 11.8 Å². The van der Waals surface area contributed by atoms with E-state index in [-0.39, 0.29) is 12.4 Å². The minimum Gasteiger partial charge on any atom is -0.464 e. The summed E-state index contributed by atoms with van der Waals surface area (Å²) in [6.07, 6.45) is 0. The van der Waals surface area contributed by atoms with Crippen molar-refractivity contribution in [2.24, 2.45) is 0 Å². The number of carbonyl (C=O) groups excluding carboxylic acids is 2. The summed E-state index contributed by atoms with van der Waals surface area (Å²) in [4.78, 5) is 25.4. The Hall–Kier alpha value is -0.940. The third-order valence-electron chi connectivity index (χ3n) is 3.00. The number of rotatable bonds is 4. The van der Waals surface area contributed by atoms with Crippen LogP contribution in [0.4, 0.5) is 0 Å². The Balaban J connectivity index is 2.85. The van der Waals surface area contributed by atoms with Gasteiger partial charge in [-0.05, 0) is 20.8 Å². The number of ketones is 1. The van der Waals surface area contributed by atoms with Gasteiger partial charge in [0.15, 0.2) is 11.3 Å². The van der Waals surface area contributed by atoms with E-state index in [0.29, 0.717) is 26.3 Å². The summed E-state index contributed by atoms with van der Waals surface area (Å²) in [5.74, 6) is -0.655. The van der Waals surface area contributed by atoms with Gasteiger partial charge in [-0.3, -0.25) is 9.69 Å². The first-order chi connectivity index (χ1) is 7.53. The maximum absolute atomic E-state index is 11.9. The van der Waals surface area contributed by atoms with Crippen LogP contribution in [0.2, 0.25) is 0 Å². The zero-order chi connectivity index (χ0) is 12.2. The number of hydrogen-bond donors (Lipinski definition) is 0. The van der Waals surface area contributed by atoms with Gasteiger partial charge < -0.3 is 9.47 Å². The van der Waals surface area contributed by atoms with Crippen molar-refractivity contribution in [1.29, 1.82) is 0 Å². The molecule has 1 saturated heterocycles. The molecule has 5 heteroatoms. The molecule has 0 amide bonds. The minimum absolute atomic E-state index is 0.187. The van der Waals surface area contributed by atoms with E-state index in [2.05, 4.69) is 0 Å².